The predicted octanol–water partition coefficient (Wildman–Crippen LogP) is 4.55. The second-order valence-corrected chi connectivity index (χ2v) is 8.14. The summed E-state index contributed by atoms with van der Waals surface area (Å²) >= 11 is 3.16. The molecule has 1 aromatic heterocycles. The summed E-state index contributed by atoms with van der Waals surface area (Å²) in [5.41, 5.74) is 0.997. The molecule has 0 atom stereocenters. The Bertz CT molecular complexity index is 570. The van der Waals surface area contributed by atoms with Crippen molar-refractivity contribution in [1.82, 2.24) is 0 Å². The van der Waals surface area contributed by atoms with E-state index in [1.807, 2.05) is 17.9 Å². The summed E-state index contributed by atoms with van der Waals surface area (Å²) in [5.74, 6) is 1.56. The van der Waals surface area contributed by atoms with E-state index in [4.69, 9.17) is 10.1 Å². The monoisotopic (exact) mass is 374 g/mol. The lowest BCUT2D eigenvalue weighted by Gasteiger charge is -2.32. The smallest absolute Gasteiger partial charge is 0.237 e. The highest BCUT2D eigenvalue weighted by Gasteiger charge is 2.30. The van der Waals surface area contributed by atoms with Gasteiger partial charge in [-0.15, -0.1) is 35.5 Å². The lowest BCUT2D eigenvalue weighted by Crippen LogP contribution is -2.39. The molecule has 0 spiro atoms. The molecule has 0 bridgehead atoms. The van der Waals surface area contributed by atoms with Gasteiger partial charge in [0.25, 0.3) is 0 Å². The van der Waals surface area contributed by atoms with Crippen LogP contribution in [0.1, 0.15) is 43.9 Å². The third kappa shape index (κ3) is 4.22. The van der Waals surface area contributed by atoms with E-state index >= 15 is 0 Å². The highest BCUT2D eigenvalue weighted by Crippen LogP contribution is 2.43. The molecule has 7 heteroatoms. The number of amides is 1. The van der Waals surface area contributed by atoms with E-state index in [-0.39, 0.29) is 24.2 Å². The van der Waals surface area contributed by atoms with E-state index in [0.29, 0.717) is 18.3 Å². The number of nitrogens with zero attached hydrogens (tertiary/aromatic N) is 1. The molecule has 4 nitrogen and oxygen atoms in total. The second kappa shape index (κ2) is 8.40. The third-order valence-corrected chi connectivity index (χ3v) is 6.66. The minimum absolute atomic E-state index is 0. The van der Waals surface area contributed by atoms with Crippen LogP contribution in [0.5, 0.6) is 0 Å². The molecule has 0 radical (unpaired) electrons. The van der Waals surface area contributed by atoms with Gasteiger partial charge in [0, 0.05) is 6.54 Å². The number of ether oxygens (including phenoxy) is 1. The number of halogens is 1. The van der Waals surface area contributed by atoms with Gasteiger partial charge in [-0.1, -0.05) is 19.3 Å². The normalized spacial score (nSPS) is 18.3. The number of hydrogen-bond donors (Lipinski definition) is 1. The zero-order valence-corrected chi connectivity index (χ0v) is 15.7. The molecular weight excluding hydrogens is 352 g/mol. The van der Waals surface area contributed by atoms with Crippen molar-refractivity contribution < 1.29 is 9.53 Å². The molecule has 1 fully saturated rings. The van der Waals surface area contributed by atoms with Crippen molar-refractivity contribution in [2.45, 2.75) is 43.2 Å². The summed E-state index contributed by atoms with van der Waals surface area (Å²) in [6.45, 7) is 3.22. The summed E-state index contributed by atoms with van der Waals surface area (Å²) in [6, 6.07) is 1.96. The van der Waals surface area contributed by atoms with E-state index in [0.717, 1.165) is 21.3 Å². The van der Waals surface area contributed by atoms with Crippen LogP contribution in [0.4, 0.5) is 5.69 Å². The van der Waals surface area contributed by atoms with Crippen LogP contribution in [0.15, 0.2) is 10.3 Å². The van der Waals surface area contributed by atoms with Crippen LogP contribution in [-0.2, 0) is 9.53 Å². The molecule has 2 heterocycles. The van der Waals surface area contributed by atoms with Gasteiger partial charge in [-0.05, 0) is 31.7 Å². The predicted molar refractivity (Wildman–Crippen MR) is 99.7 cm³/mol. The number of thiophene rings is 1. The average Bonchev–Trinajstić information content (AvgIpc) is 2.96. The molecule has 128 valence electrons. The van der Waals surface area contributed by atoms with Crippen LogP contribution in [0.2, 0.25) is 0 Å². The van der Waals surface area contributed by atoms with E-state index < -0.39 is 0 Å². The van der Waals surface area contributed by atoms with Gasteiger partial charge in [-0.2, -0.15) is 0 Å². The van der Waals surface area contributed by atoms with Gasteiger partial charge in [0.05, 0.1) is 27.1 Å². The fourth-order valence-corrected chi connectivity index (χ4v) is 5.36. The van der Waals surface area contributed by atoms with Gasteiger partial charge in [0.2, 0.25) is 11.8 Å². The molecule has 3 rings (SSSR count). The van der Waals surface area contributed by atoms with Gasteiger partial charge in [0.1, 0.15) is 0 Å². The number of anilines is 1. The van der Waals surface area contributed by atoms with Crippen molar-refractivity contribution in [3.63, 3.8) is 0 Å². The van der Waals surface area contributed by atoms with Crippen LogP contribution >= 0.6 is 35.5 Å². The van der Waals surface area contributed by atoms with Crippen molar-refractivity contribution in [2.24, 2.45) is 5.92 Å². The first-order chi connectivity index (χ1) is 10.7. The first-order valence-corrected chi connectivity index (χ1v) is 9.78. The standard InChI is InChI=1S/C16H22N2O2S2.ClH/c1-2-20-15(17)13-8-12-16(22-13)21-10-14(19)18(12)9-11-6-4-3-5-7-11;/h8,11,17H,2-7,9-10H2,1H3;1H. The summed E-state index contributed by atoms with van der Waals surface area (Å²) in [5, 5.41) is 7.95. The Hall–Kier alpha value is -0.720. The maximum absolute atomic E-state index is 12.4. The van der Waals surface area contributed by atoms with Gasteiger partial charge < -0.3 is 9.64 Å². The minimum atomic E-state index is 0. The highest BCUT2D eigenvalue weighted by molar-refractivity contribution is 8.02. The van der Waals surface area contributed by atoms with Crippen molar-refractivity contribution >= 4 is 53.0 Å². The molecule has 1 aromatic rings. The number of nitrogens with one attached hydrogen (secondary N) is 1. The molecule has 2 aliphatic rings. The lowest BCUT2D eigenvalue weighted by atomic mass is 9.89. The highest BCUT2D eigenvalue weighted by atomic mass is 35.5. The number of carbonyl (C=O) groups is 1. The number of carbonyl (C=O) groups excluding carboxylic acids is 1. The van der Waals surface area contributed by atoms with Crippen molar-refractivity contribution in [1.29, 1.82) is 5.41 Å². The van der Waals surface area contributed by atoms with Crippen molar-refractivity contribution in [2.75, 3.05) is 23.8 Å². The molecule has 23 heavy (non-hydrogen) atoms. The van der Waals surface area contributed by atoms with Crippen LogP contribution in [0.25, 0.3) is 0 Å². The molecule has 1 N–H and O–H groups in total. The van der Waals surface area contributed by atoms with Gasteiger partial charge >= 0.3 is 0 Å². The summed E-state index contributed by atoms with van der Waals surface area (Å²) in [4.78, 5) is 15.1. The van der Waals surface area contributed by atoms with Crippen LogP contribution in [-0.4, -0.2) is 30.7 Å². The minimum Gasteiger partial charge on any atom is -0.477 e. The first kappa shape index (κ1) is 18.6. The fraction of sp³-hybridized carbons (Fsp3) is 0.625. The van der Waals surface area contributed by atoms with Crippen LogP contribution < -0.4 is 4.90 Å². The average molecular weight is 375 g/mol. The summed E-state index contributed by atoms with van der Waals surface area (Å²) in [7, 11) is 0. The molecule has 1 aliphatic heterocycles. The lowest BCUT2D eigenvalue weighted by molar-refractivity contribution is -0.116. The Balaban J connectivity index is 0.00000192. The summed E-state index contributed by atoms with van der Waals surface area (Å²) < 4.78 is 6.45. The zero-order chi connectivity index (χ0) is 15.5. The van der Waals surface area contributed by atoms with E-state index in [1.165, 1.54) is 32.1 Å². The van der Waals surface area contributed by atoms with Crippen LogP contribution in [0, 0.1) is 11.3 Å². The maximum atomic E-state index is 12.4. The second-order valence-electron chi connectivity index (χ2n) is 5.84. The van der Waals surface area contributed by atoms with Gasteiger partial charge in [0.15, 0.2) is 0 Å². The number of fused-ring (bicyclic) bond motifs is 1. The molecule has 1 saturated carbocycles. The maximum Gasteiger partial charge on any atom is 0.237 e. The molecule has 1 amide bonds. The molecule has 0 saturated heterocycles. The van der Waals surface area contributed by atoms with E-state index in [1.54, 1.807) is 23.1 Å². The molecule has 1 aliphatic carbocycles. The third-order valence-electron chi connectivity index (χ3n) is 4.28. The van der Waals surface area contributed by atoms with Crippen LogP contribution in [0.3, 0.4) is 0 Å². The van der Waals surface area contributed by atoms with Gasteiger partial charge in [-0.25, -0.2) is 0 Å². The Labute approximate surface area is 151 Å². The molecule has 0 aromatic carbocycles. The summed E-state index contributed by atoms with van der Waals surface area (Å²) in [6.07, 6.45) is 6.38. The number of hydrogen-bond acceptors (Lipinski definition) is 5. The topological polar surface area (TPSA) is 53.4 Å². The number of thioether (sulfide) groups is 1. The Kier molecular flexibility index (Phi) is 6.80. The molecule has 0 unspecified atom stereocenters. The largest absolute Gasteiger partial charge is 0.477 e. The van der Waals surface area contributed by atoms with Crippen molar-refractivity contribution in [3.8, 4) is 0 Å². The SMILES string of the molecule is CCOC(=N)c1cc2c(s1)SCC(=O)N2CC1CCCCC1.Cl. The first-order valence-electron chi connectivity index (χ1n) is 7.97. The van der Waals surface area contributed by atoms with Gasteiger partial charge in [-0.3, -0.25) is 10.2 Å². The Morgan fingerprint density at radius 2 is 2.13 bits per heavy atom. The zero-order valence-electron chi connectivity index (χ0n) is 13.3. The number of rotatable bonds is 4. The Morgan fingerprint density at radius 3 is 2.83 bits per heavy atom. The Morgan fingerprint density at radius 1 is 1.39 bits per heavy atom. The molecular formula is C16H23ClN2O2S2. The van der Waals surface area contributed by atoms with E-state index in [2.05, 4.69) is 0 Å². The van der Waals surface area contributed by atoms with Crippen molar-refractivity contribution in [3.05, 3.63) is 10.9 Å². The quantitative estimate of drug-likeness (QED) is 0.621. The van der Waals surface area contributed by atoms with E-state index in [9.17, 15) is 4.79 Å². The fourth-order valence-electron chi connectivity index (χ4n) is 3.15.